The zero-order valence-electron chi connectivity index (χ0n) is 11.6. The minimum atomic E-state index is -0.613. The monoisotopic (exact) mass is 280 g/mol. The van der Waals surface area contributed by atoms with Crippen LogP contribution in [0.25, 0.3) is 0 Å². The Morgan fingerprint density at radius 1 is 1.40 bits per heavy atom. The number of likely N-dealkylation sites (N-methyl/N-ethyl adjacent to an activating group) is 1. The average molecular weight is 280 g/mol. The van der Waals surface area contributed by atoms with E-state index in [1.54, 1.807) is 19.9 Å². The minimum absolute atomic E-state index is 0.00991. The Morgan fingerprint density at radius 3 is 2.60 bits per heavy atom. The van der Waals surface area contributed by atoms with Crippen molar-refractivity contribution in [1.82, 2.24) is 4.90 Å². The van der Waals surface area contributed by atoms with E-state index in [0.29, 0.717) is 5.56 Å². The van der Waals surface area contributed by atoms with Gasteiger partial charge in [-0.1, -0.05) is 12.1 Å². The Balaban J connectivity index is 3.03. The summed E-state index contributed by atoms with van der Waals surface area (Å²) in [6, 6.07) is 4.38. The fourth-order valence-electron chi connectivity index (χ4n) is 1.75. The molecule has 7 nitrogen and oxygen atoms in total. The Labute approximate surface area is 116 Å². The molecule has 0 saturated heterocycles. The molecule has 0 atom stereocenters. The molecule has 0 aromatic heterocycles. The van der Waals surface area contributed by atoms with E-state index in [4.69, 9.17) is 4.74 Å². The van der Waals surface area contributed by atoms with Crippen LogP contribution in [-0.4, -0.2) is 41.9 Å². The number of nitro groups is 1. The number of nitrogens with zero attached hydrogens (tertiary/aromatic N) is 2. The number of rotatable bonds is 5. The summed E-state index contributed by atoms with van der Waals surface area (Å²) in [4.78, 5) is 35.0. The zero-order valence-corrected chi connectivity index (χ0v) is 11.6. The molecule has 0 spiro atoms. The Kier molecular flexibility index (Phi) is 5.19. The highest BCUT2D eigenvalue weighted by atomic mass is 16.6. The van der Waals surface area contributed by atoms with Crippen LogP contribution >= 0.6 is 0 Å². The van der Waals surface area contributed by atoms with Gasteiger partial charge in [0.05, 0.1) is 11.5 Å². The minimum Gasteiger partial charge on any atom is -0.465 e. The van der Waals surface area contributed by atoms with Gasteiger partial charge in [0.2, 0.25) is 0 Å². The Morgan fingerprint density at radius 2 is 2.05 bits per heavy atom. The van der Waals surface area contributed by atoms with Gasteiger partial charge in [0.15, 0.2) is 0 Å². The number of aryl methyl sites for hydroxylation is 1. The molecule has 0 N–H and O–H groups in total. The predicted octanol–water partition coefficient (Wildman–Crippen LogP) is 1.54. The summed E-state index contributed by atoms with van der Waals surface area (Å²) < 4.78 is 4.74. The standard InChI is InChI=1S/C13H16N2O5/c1-4-20-11(16)8-14(3)13(17)12-9(2)6-5-7-10(12)15(18)19/h5-7H,4,8H2,1-3H3. The van der Waals surface area contributed by atoms with Crippen molar-refractivity contribution in [2.45, 2.75) is 13.8 Å². The van der Waals surface area contributed by atoms with E-state index in [0.717, 1.165) is 4.90 Å². The molecular weight excluding hydrogens is 264 g/mol. The van der Waals surface area contributed by atoms with Crippen LogP contribution in [0.3, 0.4) is 0 Å². The largest absolute Gasteiger partial charge is 0.465 e. The summed E-state index contributed by atoms with van der Waals surface area (Å²) in [6.07, 6.45) is 0. The van der Waals surface area contributed by atoms with Crippen LogP contribution in [0.4, 0.5) is 5.69 Å². The van der Waals surface area contributed by atoms with Crippen molar-refractivity contribution < 1.29 is 19.2 Å². The molecule has 1 rings (SSSR count). The molecule has 108 valence electrons. The first kappa shape index (κ1) is 15.6. The molecule has 1 aromatic rings. The number of ether oxygens (including phenoxy) is 1. The molecule has 20 heavy (non-hydrogen) atoms. The van der Waals surface area contributed by atoms with Gasteiger partial charge in [-0.25, -0.2) is 0 Å². The molecule has 0 aliphatic heterocycles. The quantitative estimate of drug-likeness (QED) is 0.463. The fourth-order valence-corrected chi connectivity index (χ4v) is 1.75. The van der Waals surface area contributed by atoms with E-state index in [2.05, 4.69) is 0 Å². The lowest BCUT2D eigenvalue weighted by Crippen LogP contribution is -2.33. The first-order valence-corrected chi connectivity index (χ1v) is 6.03. The van der Waals surface area contributed by atoms with Gasteiger partial charge in [0.1, 0.15) is 12.1 Å². The molecule has 0 bridgehead atoms. The van der Waals surface area contributed by atoms with E-state index < -0.39 is 16.8 Å². The maximum atomic E-state index is 12.2. The van der Waals surface area contributed by atoms with Crippen LogP contribution in [0.1, 0.15) is 22.8 Å². The zero-order chi connectivity index (χ0) is 15.3. The second kappa shape index (κ2) is 6.65. The molecule has 0 radical (unpaired) electrons. The average Bonchev–Trinajstić information content (AvgIpc) is 2.37. The number of hydrogen-bond acceptors (Lipinski definition) is 5. The smallest absolute Gasteiger partial charge is 0.325 e. The summed E-state index contributed by atoms with van der Waals surface area (Å²) in [5, 5.41) is 11.0. The maximum absolute atomic E-state index is 12.2. The topological polar surface area (TPSA) is 89.8 Å². The maximum Gasteiger partial charge on any atom is 0.325 e. The van der Waals surface area contributed by atoms with E-state index in [1.807, 2.05) is 0 Å². The van der Waals surface area contributed by atoms with Crippen molar-refractivity contribution in [1.29, 1.82) is 0 Å². The lowest BCUT2D eigenvalue weighted by molar-refractivity contribution is -0.385. The van der Waals surface area contributed by atoms with Gasteiger partial charge in [0.25, 0.3) is 11.6 Å². The van der Waals surface area contributed by atoms with Crippen LogP contribution in [0.2, 0.25) is 0 Å². The fraction of sp³-hybridized carbons (Fsp3) is 0.385. The summed E-state index contributed by atoms with van der Waals surface area (Å²) in [7, 11) is 1.40. The summed E-state index contributed by atoms with van der Waals surface area (Å²) in [5.41, 5.74) is 0.204. The third-order valence-corrected chi connectivity index (χ3v) is 2.68. The molecular formula is C13H16N2O5. The normalized spacial score (nSPS) is 9.95. The van der Waals surface area contributed by atoms with Crippen LogP contribution in [0.15, 0.2) is 18.2 Å². The van der Waals surface area contributed by atoms with Gasteiger partial charge in [-0.2, -0.15) is 0 Å². The summed E-state index contributed by atoms with van der Waals surface area (Å²) in [6.45, 7) is 3.23. The Bertz CT molecular complexity index is 542. The van der Waals surface area contributed by atoms with E-state index in [9.17, 15) is 19.7 Å². The molecule has 1 aromatic carbocycles. The van der Waals surface area contributed by atoms with Crippen LogP contribution in [-0.2, 0) is 9.53 Å². The van der Waals surface area contributed by atoms with Crippen molar-refractivity contribution in [2.24, 2.45) is 0 Å². The van der Waals surface area contributed by atoms with Crippen molar-refractivity contribution in [3.8, 4) is 0 Å². The van der Waals surface area contributed by atoms with Gasteiger partial charge in [-0.15, -0.1) is 0 Å². The first-order valence-electron chi connectivity index (χ1n) is 6.03. The molecule has 7 heteroatoms. The molecule has 0 fully saturated rings. The van der Waals surface area contributed by atoms with Crippen molar-refractivity contribution in [3.63, 3.8) is 0 Å². The SMILES string of the molecule is CCOC(=O)CN(C)C(=O)c1c(C)cccc1[N+](=O)[O-]. The third kappa shape index (κ3) is 3.53. The van der Waals surface area contributed by atoms with Crippen LogP contribution < -0.4 is 0 Å². The predicted molar refractivity (Wildman–Crippen MR) is 71.4 cm³/mol. The molecule has 1 amide bonds. The molecule has 0 unspecified atom stereocenters. The van der Waals surface area contributed by atoms with Crippen molar-refractivity contribution in [2.75, 3.05) is 20.2 Å². The van der Waals surface area contributed by atoms with Gasteiger partial charge in [-0.3, -0.25) is 19.7 Å². The molecule has 0 heterocycles. The van der Waals surface area contributed by atoms with Gasteiger partial charge < -0.3 is 9.64 Å². The van der Waals surface area contributed by atoms with Crippen LogP contribution in [0, 0.1) is 17.0 Å². The molecule has 0 aliphatic rings. The first-order chi connectivity index (χ1) is 9.38. The summed E-state index contributed by atoms with van der Waals surface area (Å²) >= 11 is 0. The van der Waals surface area contributed by atoms with Gasteiger partial charge >= 0.3 is 5.97 Å². The highest BCUT2D eigenvalue weighted by Crippen LogP contribution is 2.23. The molecule has 0 aliphatic carbocycles. The number of carbonyl (C=O) groups is 2. The van der Waals surface area contributed by atoms with Gasteiger partial charge in [-0.05, 0) is 19.4 Å². The number of carbonyl (C=O) groups excluding carboxylic acids is 2. The Hall–Kier alpha value is -2.44. The van der Waals surface area contributed by atoms with E-state index in [-0.39, 0.29) is 24.4 Å². The number of nitro benzene ring substituents is 1. The van der Waals surface area contributed by atoms with Crippen molar-refractivity contribution >= 4 is 17.6 Å². The third-order valence-electron chi connectivity index (χ3n) is 2.68. The van der Waals surface area contributed by atoms with Crippen molar-refractivity contribution in [3.05, 3.63) is 39.4 Å². The highest BCUT2D eigenvalue weighted by molar-refractivity contribution is 6.00. The second-order valence-electron chi connectivity index (χ2n) is 4.19. The van der Waals surface area contributed by atoms with Crippen LogP contribution in [0.5, 0.6) is 0 Å². The summed E-state index contributed by atoms with van der Waals surface area (Å²) in [5.74, 6) is -1.14. The lowest BCUT2D eigenvalue weighted by atomic mass is 10.1. The van der Waals surface area contributed by atoms with E-state index in [1.165, 1.54) is 19.2 Å². The highest BCUT2D eigenvalue weighted by Gasteiger charge is 2.25. The number of hydrogen-bond donors (Lipinski definition) is 0. The second-order valence-corrected chi connectivity index (χ2v) is 4.19. The van der Waals surface area contributed by atoms with E-state index >= 15 is 0 Å². The number of esters is 1. The lowest BCUT2D eigenvalue weighted by Gasteiger charge is -2.17. The van der Waals surface area contributed by atoms with Gasteiger partial charge in [0, 0.05) is 13.1 Å². The number of amides is 1. The molecule has 0 saturated carbocycles. The number of benzene rings is 1.